The van der Waals surface area contributed by atoms with Gasteiger partial charge in [-0.15, -0.1) is 11.3 Å². The molecule has 84 valence electrons. The summed E-state index contributed by atoms with van der Waals surface area (Å²) in [6.45, 7) is 4.02. The average Bonchev–Trinajstić information content (AvgIpc) is 2.77. The normalized spacial score (nSPS) is 14.6. The van der Waals surface area contributed by atoms with Crippen molar-refractivity contribution >= 4 is 33.2 Å². The van der Waals surface area contributed by atoms with Crippen molar-refractivity contribution in [3.63, 3.8) is 0 Å². The van der Waals surface area contributed by atoms with E-state index in [1.165, 1.54) is 0 Å². The number of nitrogens with one attached hydrogen (secondary N) is 1. The third-order valence-corrected chi connectivity index (χ3v) is 4.07. The maximum absolute atomic E-state index is 11.7. The van der Waals surface area contributed by atoms with Crippen molar-refractivity contribution in [1.29, 1.82) is 0 Å². The molecule has 0 bridgehead atoms. The molecule has 1 amide bonds. The molecule has 0 fully saturated rings. The fraction of sp³-hybridized carbons (Fsp3) is 0.600. The van der Waals surface area contributed by atoms with Gasteiger partial charge in [0.1, 0.15) is 5.01 Å². The van der Waals surface area contributed by atoms with Crippen LogP contribution in [0.15, 0.2) is 11.6 Å². The first-order valence-electron chi connectivity index (χ1n) is 5.02. The lowest BCUT2D eigenvalue weighted by atomic mass is 10.2. The quantitative estimate of drug-likeness (QED) is 0.848. The minimum absolute atomic E-state index is 0.0413. The van der Waals surface area contributed by atoms with Crippen LogP contribution < -0.4 is 5.32 Å². The van der Waals surface area contributed by atoms with E-state index < -0.39 is 0 Å². The second kappa shape index (κ2) is 6.23. The Bertz CT molecular complexity index is 302. The van der Waals surface area contributed by atoms with Gasteiger partial charge in [-0.1, -0.05) is 29.8 Å². The van der Waals surface area contributed by atoms with E-state index in [4.69, 9.17) is 0 Å². The van der Waals surface area contributed by atoms with Crippen LogP contribution in [0.25, 0.3) is 0 Å². The zero-order valence-electron chi connectivity index (χ0n) is 8.87. The second-order valence-corrected chi connectivity index (χ2v) is 5.25. The monoisotopic (exact) mass is 290 g/mol. The maximum atomic E-state index is 11.7. The van der Waals surface area contributed by atoms with Crippen molar-refractivity contribution in [2.24, 2.45) is 0 Å². The molecular weight excluding hydrogens is 276 g/mol. The summed E-state index contributed by atoms with van der Waals surface area (Å²) in [4.78, 5) is 15.8. The molecule has 0 spiro atoms. The third-order valence-electron chi connectivity index (χ3n) is 2.12. The highest BCUT2D eigenvalue weighted by Gasteiger charge is 2.18. The highest BCUT2D eigenvalue weighted by molar-refractivity contribution is 9.10. The number of carbonyl (C=O) groups excluding carboxylic acids is 1. The van der Waals surface area contributed by atoms with Crippen molar-refractivity contribution in [2.45, 2.75) is 37.6 Å². The largest absolute Gasteiger partial charge is 0.346 e. The van der Waals surface area contributed by atoms with Crippen LogP contribution in [0.2, 0.25) is 0 Å². The Morgan fingerprint density at radius 3 is 2.80 bits per heavy atom. The van der Waals surface area contributed by atoms with E-state index in [9.17, 15) is 4.79 Å². The van der Waals surface area contributed by atoms with Gasteiger partial charge in [-0.05, 0) is 12.8 Å². The Labute approximate surface area is 102 Å². The fourth-order valence-electron chi connectivity index (χ4n) is 1.19. The van der Waals surface area contributed by atoms with Crippen LogP contribution in [0, 0.1) is 0 Å². The van der Waals surface area contributed by atoms with Gasteiger partial charge in [-0.3, -0.25) is 4.79 Å². The Morgan fingerprint density at radius 1 is 1.60 bits per heavy atom. The van der Waals surface area contributed by atoms with Crippen LogP contribution in [-0.4, -0.2) is 15.7 Å². The molecule has 0 saturated heterocycles. The Kier molecular flexibility index (Phi) is 5.25. The average molecular weight is 291 g/mol. The van der Waals surface area contributed by atoms with Gasteiger partial charge in [-0.25, -0.2) is 4.98 Å². The number of hydrogen-bond acceptors (Lipinski definition) is 3. The predicted molar refractivity (Wildman–Crippen MR) is 66.3 cm³/mol. The summed E-state index contributed by atoms with van der Waals surface area (Å²) < 4.78 is 0. The Morgan fingerprint density at radius 2 is 2.33 bits per heavy atom. The second-order valence-electron chi connectivity index (χ2n) is 3.22. The van der Waals surface area contributed by atoms with Crippen LogP contribution in [0.4, 0.5) is 0 Å². The van der Waals surface area contributed by atoms with Gasteiger partial charge in [-0.2, -0.15) is 0 Å². The molecule has 0 aliphatic rings. The van der Waals surface area contributed by atoms with Crippen molar-refractivity contribution in [3.05, 3.63) is 16.6 Å². The van der Waals surface area contributed by atoms with E-state index in [0.29, 0.717) is 0 Å². The lowest BCUT2D eigenvalue weighted by Gasteiger charge is -2.16. The van der Waals surface area contributed by atoms with Crippen LogP contribution in [0.5, 0.6) is 0 Å². The van der Waals surface area contributed by atoms with Crippen molar-refractivity contribution in [1.82, 2.24) is 10.3 Å². The molecule has 5 heteroatoms. The molecule has 15 heavy (non-hydrogen) atoms. The number of nitrogens with zero attached hydrogens (tertiary/aromatic N) is 1. The van der Waals surface area contributed by atoms with E-state index in [1.807, 2.05) is 19.2 Å². The molecule has 0 aliphatic carbocycles. The van der Waals surface area contributed by atoms with E-state index in [-0.39, 0.29) is 16.8 Å². The SMILES string of the molecule is CCC(Br)C(=O)NC(CC)c1nccs1. The minimum atomic E-state index is -0.105. The molecule has 1 aromatic heterocycles. The van der Waals surface area contributed by atoms with Crippen LogP contribution in [0.3, 0.4) is 0 Å². The van der Waals surface area contributed by atoms with Gasteiger partial charge in [0.25, 0.3) is 0 Å². The minimum Gasteiger partial charge on any atom is -0.346 e. The predicted octanol–water partition coefficient (Wildman–Crippen LogP) is 2.88. The first-order valence-corrected chi connectivity index (χ1v) is 6.82. The number of amides is 1. The first-order chi connectivity index (χ1) is 7.19. The Balaban J connectivity index is 2.58. The lowest BCUT2D eigenvalue weighted by molar-refractivity contribution is -0.121. The van der Waals surface area contributed by atoms with Gasteiger partial charge in [0.2, 0.25) is 5.91 Å². The van der Waals surface area contributed by atoms with E-state index in [0.717, 1.165) is 17.8 Å². The van der Waals surface area contributed by atoms with Crippen LogP contribution in [0.1, 0.15) is 37.7 Å². The molecule has 1 rings (SSSR count). The number of rotatable bonds is 5. The molecule has 2 atom stereocenters. The van der Waals surface area contributed by atoms with Crippen LogP contribution in [-0.2, 0) is 4.79 Å². The number of aromatic nitrogens is 1. The van der Waals surface area contributed by atoms with Crippen molar-refractivity contribution in [3.8, 4) is 0 Å². The summed E-state index contributed by atoms with van der Waals surface area (Å²) in [5, 5.41) is 5.88. The molecule has 2 unspecified atom stereocenters. The number of alkyl halides is 1. The lowest BCUT2D eigenvalue weighted by Crippen LogP contribution is -2.33. The number of carbonyl (C=O) groups is 1. The zero-order valence-corrected chi connectivity index (χ0v) is 11.3. The zero-order chi connectivity index (χ0) is 11.3. The van der Waals surface area contributed by atoms with E-state index >= 15 is 0 Å². The van der Waals surface area contributed by atoms with Crippen molar-refractivity contribution in [2.75, 3.05) is 0 Å². The molecule has 0 aromatic carbocycles. The van der Waals surface area contributed by atoms with Crippen LogP contribution >= 0.6 is 27.3 Å². The van der Waals surface area contributed by atoms with Gasteiger partial charge in [0.05, 0.1) is 10.9 Å². The fourth-order valence-corrected chi connectivity index (χ4v) is 2.10. The van der Waals surface area contributed by atoms with Gasteiger partial charge in [0, 0.05) is 11.6 Å². The highest BCUT2D eigenvalue weighted by Crippen LogP contribution is 2.19. The molecule has 0 radical (unpaired) electrons. The summed E-state index contributed by atoms with van der Waals surface area (Å²) in [6.07, 6.45) is 3.42. The summed E-state index contributed by atoms with van der Waals surface area (Å²) in [5.74, 6) is 0.0413. The maximum Gasteiger partial charge on any atom is 0.234 e. The summed E-state index contributed by atoms with van der Waals surface area (Å²) in [5.41, 5.74) is 0. The molecule has 1 N–H and O–H groups in total. The molecule has 1 heterocycles. The smallest absolute Gasteiger partial charge is 0.234 e. The molecule has 1 aromatic rings. The summed E-state index contributed by atoms with van der Waals surface area (Å²) >= 11 is 4.91. The molecule has 3 nitrogen and oxygen atoms in total. The van der Waals surface area contributed by atoms with Gasteiger partial charge < -0.3 is 5.32 Å². The summed E-state index contributed by atoms with van der Waals surface area (Å²) in [7, 11) is 0. The topological polar surface area (TPSA) is 42.0 Å². The number of hydrogen-bond donors (Lipinski definition) is 1. The summed E-state index contributed by atoms with van der Waals surface area (Å²) in [6, 6.07) is 0.0455. The number of thiazole rings is 1. The molecule has 0 aliphatic heterocycles. The van der Waals surface area contributed by atoms with E-state index in [2.05, 4.69) is 26.2 Å². The highest BCUT2D eigenvalue weighted by atomic mass is 79.9. The first kappa shape index (κ1) is 12.6. The molecule has 0 saturated carbocycles. The standard InChI is InChI=1S/C10H15BrN2OS/c1-3-7(11)9(14)13-8(4-2)10-12-5-6-15-10/h5-8H,3-4H2,1-2H3,(H,13,14). The van der Waals surface area contributed by atoms with Gasteiger partial charge in [0.15, 0.2) is 0 Å². The molecular formula is C10H15BrN2OS. The number of halogens is 1. The van der Waals surface area contributed by atoms with Crippen molar-refractivity contribution < 1.29 is 4.79 Å². The van der Waals surface area contributed by atoms with Gasteiger partial charge >= 0.3 is 0 Å². The third kappa shape index (κ3) is 3.57. The Hall–Kier alpha value is -0.420. The van der Waals surface area contributed by atoms with E-state index in [1.54, 1.807) is 17.5 Å².